The molecule has 5 heteroatoms. The number of rotatable bonds is 5. The van der Waals surface area contributed by atoms with Crippen molar-refractivity contribution in [2.75, 3.05) is 18.5 Å². The molecule has 1 aliphatic rings. The van der Waals surface area contributed by atoms with Gasteiger partial charge in [0.1, 0.15) is 0 Å². The molecular weight excluding hydrogens is 244 g/mol. The molecule has 1 saturated carbocycles. The molecular formula is C14H20N2O3. The van der Waals surface area contributed by atoms with Crippen molar-refractivity contribution in [2.45, 2.75) is 26.2 Å². The predicted molar refractivity (Wildman–Crippen MR) is 74.2 cm³/mol. The van der Waals surface area contributed by atoms with Crippen LogP contribution >= 0.6 is 0 Å². The number of benzene rings is 1. The van der Waals surface area contributed by atoms with E-state index in [9.17, 15) is 15.2 Å². The van der Waals surface area contributed by atoms with Crippen LogP contribution in [0.3, 0.4) is 0 Å². The van der Waals surface area contributed by atoms with Gasteiger partial charge in [0.05, 0.1) is 4.92 Å². The van der Waals surface area contributed by atoms with Crippen LogP contribution in [0.4, 0.5) is 11.4 Å². The maximum Gasteiger partial charge on any atom is 0.274 e. The van der Waals surface area contributed by atoms with E-state index in [0.717, 1.165) is 31.5 Å². The molecule has 2 atom stereocenters. The summed E-state index contributed by atoms with van der Waals surface area (Å²) in [6, 6.07) is 5.21. The molecule has 2 rings (SSSR count). The number of hydrogen-bond donors (Lipinski definition) is 2. The van der Waals surface area contributed by atoms with E-state index in [1.54, 1.807) is 19.1 Å². The fourth-order valence-corrected chi connectivity index (χ4v) is 2.79. The van der Waals surface area contributed by atoms with Gasteiger partial charge < -0.3 is 10.4 Å². The van der Waals surface area contributed by atoms with Gasteiger partial charge in [-0.05, 0) is 37.7 Å². The molecule has 0 aliphatic heterocycles. The molecule has 2 N–H and O–H groups in total. The van der Waals surface area contributed by atoms with E-state index in [-0.39, 0.29) is 17.2 Å². The highest BCUT2D eigenvalue weighted by atomic mass is 16.6. The minimum absolute atomic E-state index is 0.148. The zero-order valence-electron chi connectivity index (χ0n) is 11.1. The number of nitro benzene ring substituents is 1. The summed E-state index contributed by atoms with van der Waals surface area (Å²) in [4.78, 5) is 10.5. The van der Waals surface area contributed by atoms with Crippen molar-refractivity contribution >= 4 is 11.4 Å². The van der Waals surface area contributed by atoms with Gasteiger partial charge in [-0.15, -0.1) is 0 Å². The van der Waals surface area contributed by atoms with Gasteiger partial charge in [0.25, 0.3) is 5.69 Å². The average molecular weight is 264 g/mol. The topological polar surface area (TPSA) is 75.4 Å². The van der Waals surface area contributed by atoms with Gasteiger partial charge in [0, 0.05) is 30.5 Å². The molecule has 1 fully saturated rings. The number of nitro groups is 1. The van der Waals surface area contributed by atoms with Crippen molar-refractivity contribution in [1.82, 2.24) is 0 Å². The summed E-state index contributed by atoms with van der Waals surface area (Å²) in [5, 5.41) is 23.4. The van der Waals surface area contributed by atoms with Gasteiger partial charge in [-0.3, -0.25) is 10.1 Å². The van der Waals surface area contributed by atoms with Crippen LogP contribution in [0.25, 0.3) is 0 Å². The third kappa shape index (κ3) is 3.23. The smallest absolute Gasteiger partial charge is 0.274 e. The molecule has 0 radical (unpaired) electrons. The Kier molecular flexibility index (Phi) is 4.37. The van der Waals surface area contributed by atoms with Crippen LogP contribution in [-0.4, -0.2) is 23.2 Å². The maximum absolute atomic E-state index is 10.9. The number of nitrogens with zero attached hydrogens (tertiary/aromatic N) is 1. The molecule has 1 aromatic rings. The van der Waals surface area contributed by atoms with Gasteiger partial charge in [-0.25, -0.2) is 0 Å². The van der Waals surface area contributed by atoms with E-state index >= 15 is 0 Å². The lowest BCUT2D eigenvalue weighted by Crippen LogP contribution is -2.20. The summed E-state index contributed by atoms with van der Waals surface area (Å²) in [6.07, 6.45) is 3.36. The van der Waals surface area contributed by atoms with Crippen molar-refractivity contribution in [1.29, 1.82) is 0 Å². The first-order chi connectivity index (χ1) is 9.11. The van der Waals surface area contributed by atoms with Gasteiger partial charge in [0.2, 0.25) is 0 Å². The summed E-state index contributed by atoms with van der Waals surface area (Å²) in [6.45, 7) is 2.74. The standard InChI is InChI=1S/C14H20N2O3/c1-10-5-6-13(7-14(10)16(18)19)15-8-11-3-2-4-12(11)9-17/h5-7,11-12,15,17H,2-4,8-9H2,1H3. The zero-order chi connectivity index (χ0) is 13.8. The molecule has 1 aromatic carbocycles. The van der Waals surface area contributed by atoms with Crippen LogP contribution < -0.4 is 5.32 Å². The summed E-state index contributed by atoms with van der Waals surface area (Å²) in [5.74, 6) is 0.832. The molecule has 0 heterocycles. The Labute approximate surface area is 112 Å². The van der Waals surface area contributed by atoms with Crippen molar-refractivity contribution < 1.29 is 10.0 Å². The number of anilines is 1. The van der Waals surface area contributed by atoms with Crippen molar-refractivity contribution in [2.24, 2.45) is 11.8 Å². The van der Waals surface area contributed by atoms with Crippen LogP contribution in [0.5, 0.6) is 0 Å². The monoisotopic (exact) mass is 264 g/mol. The SMILES string of the molecule is Cc1ccc(NCC2CCCC2CO)cc1[N+](=O)[O-]. The largest absolute Gasteiger partial charge is 0.396 e. The number of nitrogens with one attached hydrogen (secondary N) is 1. The van der Waals surface area contributed by atoms with Gasteiger partial charge in [0.15, 0.2) is 0 Å². The molecule has 5 nitrogen and oxygen atoms in total. The highest BCUT2D eigenvalue weighted by molar-refractivity contribution is 5.54. The van der Waals surface area contributed by atoms with Crippen LogP contribution in [0.2, 0.25) is 0 Å². The minimum atomic E-state index is -0.355. The molecule has 19 heavy (non-hydrogen) atoms. The van der Waals surface area contributed by atoms with Crippen molar-refractivity contribution in [3.05, 3.63) is 33.9 Å². The van der Waals surface area contributed by atoms with Crippen LogP contribution in [0, 0.1) is 28.9 Å². The van der Waals surface area contributed by atoms with E-state index in [2.05, 4.69) is 5.32 Å². The van der Waals surface area contributed by atoms with E-state index < -0.39 is 0 Å². The van der Waals surface area contributed by atoms with Gasteiger partial charge in [-0.2, -0.15) is 0 Å². The molecule has 104 valence electrons. The number of aliphatic hydroxyl groups is 1. The lowest BCUT2D eigenvalue weighted by molar-refractivity contribution is -0.385. The van der Waals surface area contributed by atoms with Crippen LogP contribution in [0.15, 0.2) is 18.2 Å². The highest BCUT2D eigenvalue weighted by Crippen LogP contribution is 2.31. The Morgan fingerprint density at radius 3 is 2.84 bits per heavy atom. The molecule has 0 amide bonds. The number of aliphatic hydroxyl groups excluding tert-OH is 1. The lowest BCUT2D eigenvalue weighted by atomic mass is 9.97. The Balaban J connectivity index is 2.00. The minimum Gasteiger partial charge on any atom is -0.396 e. The van der Waals surface area contributed by atoms with Crippen LogP contribution in [-0.2, 0) is 0 Å². The van der Waals surface area contributed by atoms with E-state index in [0.29, 0.717) is 17.4 Å². The second-order valence-corrected chi connectivity index (χ2v) is 5.27. The average Bonchev–Trinajstić information content (AvgIpc) is 2.84. The summed E-state index contributed by atoms with van der Waals surface area (Å²) in [7, 11) is 0. The molecule has 1 aliphatic carbocycles. The van der Waals surface area contributed by atoms with Crippen molar-refractivity contribution in [3.63, 3.8) is 0 Å². The third-order valence-corrected chi connectivity index (χ3v) is 4.03. The Morgan fingerprint density at radius 1 is 1.42 bits per heavy atom. The van der Waals surface area contributed by atoms with E-state index in [4.69, 9.17) is 0 Å². The first kappa shape index (κ1) is 13.8. The molecule has 0 saturated heterocycles. The molecule has 0 spiro atoms. The molecule has 2 unspecified atom stereocenters. The van der Waals surface area contributed by atoms with Crippen molar-refractivity contribution in [3.8, 4) is 0 Å². The lowest BCUT2D eigenvalue weighted by Gasteiger charge is -2.18. The quantitative estimate of drug-likeness (QED) is 0.633. The number of aryl methyl sites for hydroxylation is 1. The Hall–Kier alpha value is -1.62. The first-order valence-corrected chi connectivity index (χ1v) is 6.71. The fraction of sp³-hybridized carbons (Fsp3) is 0.571. The summed E-state index contributed by atoms with van der Waals surface area (Å²) >= 11 is 0. The third-order valence-electron chi connectivity index (χ3n) is 4.03. The second-order valence-electron chi connectivity index (χ2n) is 5.27. The van der Waals surface area contributed by atoms with E-state index in [1.165, 1.54) is 0 Å². The maximum atomic E-state index is 10.9. The fourth-order valence-electron chi connectivity index (χ4n) is 2.79. The van der Waals surface area contributed by atoms with E-state index in [1.807, 2.05) is 6.07 Å². The molecule has 0 bridgehead atoms. The van der Waals surface area contributed by atoms with Crippen LogP contribution in [0.1, 0.15) is 24.8 Å². The zero-order valence-corrected chi connectivity index (χ0v) is 11.1. The number of hydrogen-bond acceptors (Lipinski definition) is 4. The second kappa shape index (κ2) is 6.02. The normalized spacial score (nSPS) is 22.4. The predicted octanol–water partition coefficient (Wildman–Crippen LogP) is 2.72. The Bertz CT molecular complexity index is 462. The summed E-state index contributed by atoms with van der Waals surface area (Å²) in [5.41, 5.74) is 1.60. The Morgan fingerprint density at radius 2 is 2.16 bits per heavy atom. The summed E-state index contributed by atoms with van der Waals surface area (Å²) < 4.78 is 0. The van der Waals surface area contributed by atoms with Gasteiger partial charge in [-0.1, -0.05) is 12.5 Å². The van der Waals surface area contributed by atoms with Gasteiger partial charge >= 0.3 is 0 Å². The molecule has 0 aromatic heterocycles. The first-order valence-electron chi connectivity index (χ1n) is 6.71. The highest BCUT2D eigenvalue weighted by Gasteiger charge is 2.26.